The van der Waals surface area contributed by atoms with Crippen LogP contribution < -0.4 is 20.7 Å². The molecule has 1 amide bonds. The summed E-state index contributed by atoms with van der Waals surface area (Å²) < 4.78 is 9.67. The van der Waals surface area contributed by atoms with Gasteiger partial charge in [0.05, 0.1) is 19.2 Å². The van der Waals surface area contributed by atoms with Crippen molar-refractivity contribution in [3.8, 4) is 5.75 Å². The van der Waals surface area contributed by atoms with E-state index in [4.69, 9.17) is 4.74 Å². The average molecular weight is 541 g/mol. The number of hydrogen-bond donors (Lipinski definition) is 3. The van der Waals surface area contributed by atoms with Crippen molar-refractivity contribution in [2.24, 2.45) is 10.4 Å². The number of benzene rings is 2. The molecule has 216 valence electrons. The molecule has 0 saturated heterocycles. The van der Waals surface area contributed by atoms with Crippen LogP contribution in [-0.2, 0) is 14.3 Å². The highest BCUT2D eigenvalue weighted by Crippen LogP contribution is 2.34. The van der Waals surface area contributed by atoms with E-state index in [0.717, 1.165) is 40.5 Å². The van der Waals surface area contributed by atoms with Gasteiger partial charge >= 0.3 is 0 Å². The number of aliphatic imine (C=N–C) groups is 1. The molecule has 0 atom stereocenters. The SMILES string of the molecule is CC(C)(C)CNC(=O)CC=O.CC=Nc1ccc(OC)cc1C(Nc1ccc(NC)cc1)=C(C)CC.COC. The number of rotatable bonds is 10. The molecule has 0 heterocycles. The Balaban J connectivity index is 0.000000863. The van der Waals surface area contributed by atoms with Gasteiger partial charge in [-0.25, -0.2) is 0 Å². The number of hydrogen-bond acceptors (Lipinski definition) is 7. The summed E-state index contributed by atoms with van der Waals surface area (Å²) in [6, 6.07) is 14.2. The largest absolute Gasteiger partial charge is 0.497 e. The molecule has 2 rings (SSSR count). The fraction of sp³-hybridized carbons (Fsp3) is 0.452. The van der Waals surface area contributed by atoms with Gasteiger partial charge in [0.25, 0.3) is 0 Å². The first kappa shape index (κ1) is 35.4. The van der Waals surface area contributed by atoms with Crippen molar-refractivity contribution in [2.45, 2.75) is 54.4 Å². The third kappa shape index (κ3) is 14.8. The first-order valence-electron chi connectivity index (χ1n) is 13.0. The van der Waals surface area contributed by atoms with Gasteiger partial charge in [0.1, 0.15) is 12.0 Å². The van der Waals surface area contributed by atoms with Gasteiger partial charge in [-0.3, -0.25) is 9.79 Å². The third-order valence-corrected chi connectivity index (χ3v) is 5.23. The van der Waals surface area contributed by atoms with Crippen LogP contribution in [0, 0.1) is 5.41 Å². The molecule has 0 spiro atoms. The van der Waals surface area contributed by atoms with E-state index in [-0.39, 0.29) is 17.7 Å². The maximum absolute atomic E-state index is 10.7. The van der Waals surface area contributed by atoms with E-state index in [1.54, 1.807) is 21.3 Å². The van der Waals surface area contributed by atoms with Crippen LogP contribution >= 0.6 is 0 Å². The van der Waals surface area contributed by atoms with E-state index in [2.05, 4.69) is 63.8 Å². The fourth-order valence-electron chi connectivity index (χ4n) is 3.05. The first-order chi connectivity index (χ1) is 18.5. The van der Waals surface area contributed by atoms with E-state index >= 15 is 0 Å². The van der Waals surface area contributed by atoms with E-state index in [1.807, 2.05) is 59.2 Å². The minimum Gasteiger partial charge on any atom is -0.497 e. The molecule has 0 bridgehead atoms. The van der Waals surface area contributed by atoms with E-state index in [0.29, 0.717) is 12.8 Å². The zero-order valence-corrected chi connectivity index (χ0v) is 25.4. The van der Waals surface area contributed by atoms with Crippen molar-refractivity contribution >= 4 is 41.2 Å². The van der Waals surface area contributed by atoms with Crippen molar-refractivity contribution in [1.29, 1.82) is 0 Å². The molecular weight excluding hydrogens is 492 g/mol. The molecule has 3 N–H and O–H groups in total. The van der Waals surface area contributed by atoms with E-state index < -0.39 is 0 Å². The summed E-state index contributed by atoms with van der Waals surface area (Å²) in [6.07, 6.45) is 3.34. The van der Waals surface area contributed by atoms with Crippen molar-refractivity contribution in [2.75, 3.05) is 45.6 Å². The normalized spacial score (nSPS) is 11.2. The third-order valence-electron chi connectivity index (χ3n) is 5.23. The van der Waals surface area contributed by atoms with Gasteiger partial charge in [0.2, 0.25) is 5.91 Å². The Morgan fingerprint density at radius 3 is 2.08 bits per heavy atom. The summed E-state index contributed by atoms with van der Waals surface area (Å²) in [6.45, 7) is 12.9. The number of ether oxygens (including phenoxy) is 2. The summed E-state index contributed by atoms with van der Waals surface area (Å²) >= 11 is 0. The summed E-state index contributed by atoms with van der Waals surface area (Å²) in [5.41, 5.74) is 6.49. The Hall–Kier alpha value is -3.65. The van der Waals surface area contributed by atoms with Gasteiger partial charge < -0.3 is 30.2 Å². The van der Waals surface area contributed by atoms with Crippen LogP contribution in [0.4, 0.5) is 17.1 Å². The molecule has 0 aliphatic carbocycles. The molecule has 8 heteroatoms. The molecule has 0 unspecified atom stereocenters. The van der Waals surface area contributed by atoms with Gasteiger partial charge in [-0.1, -0.05) is 27.7 Å². The van der Waals surface area contributed by atoms with Crippen molar-refractivity contribution in [1.82, 2.24) is 5.32 Å². The highest BCUT2D eigenvalue weighted by Gasteiger charge is 2.13. The number of aldehydes is 1. The molecular formula is C31H48N4O4. The van der Waals surface area contributed by atoms with Crippen LogP contribution in [0.25, 0.3) is 5.70 Å². The summed E-state index contributed by atoms with van der Waals surface area (Å²) in [5, 5.41) is 9.36. The number of amides is 1. The number of methoxy groups -OCH3 is 2. The lowest BCUT2D eigenvalue weighted by atomic mass is 9.97. The maximum atomic E-state index is 10.7. The number of nitrogens with zero attached hydrogens (tertiary/aromatic N) is 1. The molecule has 0 aromatic heterocycles. The number of carbonyl (C=O) groups is 2. The highest BCUT2D eigenvalue weighted by atomic mass is 16.5. The Morgan fingerprint density at radius 2 is 1.62 bits per heavy atom. The fourth-order valence-corrected chi connectivity index (χ4v) is 3.05. The molecule has 2 aromatic carbocycles. The monoisotopic (exact) mass is 540 g/mol. The van der Waals surface area contributed by atoms with Crippen LogP contribution in [0.1, 0.15) is 59.9 Å². The Morgan fingerprint density at radius 1 is 1.03 bits per heavy atom. The average Bonchev–Trinajstić information content (AvgIpc) is 2.91. The zero-order valence-electron chi connectivity index (χ0n) is 25.4. The van der Waals surface area contributed by atoms with Crippen molar-refractivity contribution < 1.29 is 19.1 Å². The first-order valence-corrected chi connectivity index (χ1v) is 13.0. The second-order valence-corrected chi connectivity index (χ2v) is 9.85. The molecule has 2 aromatic rings. The molecule has 0 aliphatic rings. The summed E-state index contributed by atoms with van der Waals surface area (Å²) in [5.74, 6) is 0.619. The lowest BCUT2D eigenvalue weighted by molar-refractivity contribution is -0.124. The topological polar surface area (TPSA) is 101 Å². The van der Waals surface area contributed by atoms with Crippen LogP contribution in [0.3, 0.4) is 0 Å². The van der Waals surface area contributed by atoms with Gasteiger partial charge in [-0.05, 0) is 73.7 Å². The summed E-state index contributed by atoms with van der Waals surface area (Å²) in [7, 11) is 6.85. The predicted molar refractivity (Wildman–Crippen MR) is 165 cm³/mol. The maximum Gasteiger partial charge on any atom is 0.227 e. The van der Waals surface area contributed by atoms with Crippen LogP contribution in [-0.4, -0.2) is 53.3 Å². The highest BCUT2D eigenvalue weighted by molar-refractivity contribution is 5.88. The van der Waals surface area contributed by atoms with Crippen LogP contribution in [0.2, 0.25) is 0 Å². The van der Waals surface area contributed by atoms with Gasteiger partial charge in [0.15, 0.2) is 0 Å². The Bertz CT molecular complexity index is 1060. The second-order valence-electron chi connectivity index (χ2n) is 9.85. The van der Waals surface area contributed by atoms with E-state index in [1.165, 1.54) is 5.57 Å². The standard InChI is InChI=1S/C21H27N3O.C8H15NO2.C2H6O/c1-6-15(3)21(24-17-10-8-16(22-4)9-11-17)19-14-18(25-5)12-13-20(19)23-7-2;1-8(2,3)6-9-7(11)4-5-10;1-3-2/h7-14,22,24H,6H2,1-5H3;5H,4,6H2,1-3H3,(H,9,11);1-2H3. The van der Waals surface area contributed by atoms with Crippen molar-refractivity contribution in [3.05, 3.63) is 53.6 Å². The predicted octanol–water partition coefficient (Wildman–Crippen LogP) is 6.71. The molecule has 39 heavy (non-hydrogen) atoms. The van der Waals surface area contributed by atoms with Crippen molar-refractivity contribution in [3.63, 3.8) is 0 Å². The Labute approximate surface area is 235 Å². The molecule has 0 aliphatic heterocycles. The number of allylic oxidation sites excluding steroid dienone is 1. The number of anilines is 2. The lowest BCUT2D eigenvalue weighted by Gasteiger charge is -2.18. The van der Waals surface area contributed by atoms with Gasteiger partial charge in [0, 0.05) is 56.7 Å². The van der Waals surface area contributed by atoms with Gasteiger partial charge in [-0.15, -0.1) is 0 Å². The molecule has 0 saturated carbocycles. The number of nitrogens with one attached hydrogen (secondary N) is 3. The lowest BCUT2D eigenvalue weighted by Crippen LogP contribution is -2.32. The molecule has 0 radical (unpaired) electrons. The number of carbonyl (C=O) groups excluding carboxylic acids is 2. The minimum atomic E-state index is -0.199. The zero-order chi connectivity index (χ0) is 29.8. The van der Waals surface area contributed by atoms with Gasteiger partial charge in [-0.2, -0.15) is 0 Å². The van der Waals surface area contributed by atoms with Crippen LogP contribution in [0.5, 0.6) is 5.75 Å². The van der Waals surface area contributed by atoms with E-state index in [9.17, 15) is 9.59 Å². The molecule has 8 nitrogen and oxygen atoms in total. The quantitative estimate of drug-likeness (QED) is 0.176. The summed E-state index contributed by atoms with van der Waals surface area (Å²) in [4.78, 5) is 25.2. The Kier molecular flexibility index (Phi) is 17.6. The second kappa shape index (κ2) is 19.4. The smallest absolute Gasteiger partial charge is 0.227 e. The van der Waals surface area contributed by atoms with Crippen LogP contribution in [0.15, 0.2) is 53.0 Å². The molecule has 0 fully saturated rings. The minimum absolute atomic E-state index is 0.0317.